The van der Waals surface area contributed by atoms with Gasteiger partial charge in [0.15, 0.2) is 0 Å². The molecule has 6 nitrogen and oxygen atoms in total. The first-order valence-corrected chi connectivity index (χ1v) is 9.54. The molecule has 146 valence electrons. The molecule has 3 aromatic heterocycles. The Morgan fingerprint density at radius 2 is 1.93 bits per heavy atom. The highest BCUT2D eigenvalue weighted by atomic mass is 35.5. The Balaban J connectivity index is 0.00000192. The monoisotopic (exact) mass is 418 g/mol. The molecule has 0 spiro atoms. The summed E-state index contributed by atoms with van der Waals surface area (Å²) in [6, 6.07) is 10.7. The molecule has 0 N–H and O–H groups in total. The lowest BCUT2D eigenvalue weighted by Crippen LogP contribution is -2.46. The van der Waals surface area contributed by atoms with Gasteiger partial charge in [-0.1, -0.05) is 17.7 Å². The molecule has 2 aliphatic rings. The van der Waals surface area contributed by atoms with Crippen LogP contribution in [0.15, 0.2) is 52.2 Å². The van der Waals surface area contributed by atoms with Crippen LogP contribution in [0.3, 0.4) is 0 Å². The van der Waals surface area contributed by atoms with Gasteiger partial charge in [-0.05, 0) is 30.5 Å². The van der Waals surface area contributed by atoms with Crippen molar-refractivity contribution in [2.45, 2.75) is 25.4 Å². The summed E-state index contributed by atoms with van der Waals surface area (Å²) >= 11 is 5.97. The van der Waals surface area contributed by atoms with Gasteiger partial charge in [-0.25, -0.2) is 4.98 Å². The van der Waals surface area contributed by atoms with E-state index in [2.05, 4.69) is 16.0 Å². The maximum atomic E-state index is 12.4. The summed E-state index contributed by atoms with van der Waals surface area (Å²) in [5.74, 6) is 0.809. The zero-order valence-corrected chi connectivity index (χ0v) is 16.7. The van der Waals surface area contributed by atoms with Crippen LogP contribution in [0.25, 0.3) is 5.65 Å². The molecule has 2 bridgehead atoms. The highest BCUT2D eigenvalue weighted by Gasteiger charge is 2.34. The molecule has 1 saturated heterocycles. The Kier molecular flexibility index (Phi) is 5.04. The van der Waals surface area contributed by atoms with Crippen LogP contribution in [0.1, 0.15) is 23.7 Å². The number of pyridine rings is 2. The van der Waals surface area contributed by atoms with E-state index in [-0.39, 0.29) is 23.5 Å². The number of nitrogens with zero attached hydrogens (tertiary/aromatic N) is 4. The van der Waals surface area contributed by atoms with Gasteiger partial charge in [-0.2, -0.15) is 0 Å². The van der Waals surface area contributed by atoms with Gasteiger partial charge >= 0.3 is 0 Å². The molecule has 5 heterocycles. The highest BCUT2D eigenvalue weighted by Crippen LogP contribution is 2.35. The second-order valence-electron chi connectivity index (χ2n) is 7.55. The average Bonchev–Trinajstić information content (AvgIpc) is 2.63. The molecule has 3 aromatic rings. The van der Waals surface area contributed by atoms with E-state index in [1.54, 1.807) is 30.5 Å². The molecule has 2 atom stereocenters. The maximum Gasteiger partial charge on any atom is 0.258 e. The number of rotatable bonds is 2. The molecule has 28 heavy (non-hydrogen) atoms. The molecule has 5 rings (SSSR count). The predicted molar refractivity (Wildman–Crippen MR) is 111 cm³/mol. The molecule has 8 heteroatoms. The molecule has 0 aliphatic carbocycles. The SMILES string of the molecule is Cl.O=c1cccc2n1CC1CC2CN(Cc2cc(=O)n3cc(Cl)ccc3n2)C1. The molecular weight excluding hydrogens is 399 g/mol. The molecule has 0 amide bonds. The van der Waals surface area contributed by atoms with Crippen molar-refractivity contribution in [1.82, 2.24) is 18.9 Å². The van der Waals surface area contributed by atoms with Gasteiger partial charge in [0, 0.05) is 56.1 Å². The smallest absolute Gasteiger partial charge is 0.258 e. The third kappa shape index (κ3) is 3.36. The van der Waals surface area contributed by atoms with Gasteiger partial charge < -0.3 is 4.57 Å². The number of hydrogen-bond acceptors (Lipinski definition) is 4. The molecule has 0 radical (unpaired) electrons. The van der Waals surface area contributed by atoms with Gasteiger partial charge in [0.2, 0.25) is 0 Å². The lowest BCUT2D eigenvalue weighted by Gasteiger charge is -2.42. The first kappa shape index (κ1) is 19.2. The number of aromatic nitrogens is 3. The zero-order chi connectivity index (χ0) is 18.5. The van der Waals surface area contributed by atoms with Crippen LogP contribution in [0, 0.1) is 5.92 Å². The van der Waals surface area contributed by atoms with Crippen LogP contribution in [0.4, 0.5) is 0 Å². The lowest BCUT2D eigenvalue weighted by atomic mass is 9.83. The van der Waals surface area contributed by atoms with E-state index in [9.17, 15) is 9.59 Å². The third-order valence-electron chi connectivity index (χ3n) is 5.62. The zero-order valence-electron chi connectivity index (χ0n) is 15.1. The standard InChI is InChI=1S/C20H19ClN4O2.ClH/c21-15-4-5-18-22-16(7-20(27)25(18)11-15)12-23-8-13-6-14(10-23)17-2-1-3-19(26)24(17)9-13;/h1-5,7,11,13-14H,6,8-10,12H2;1H. The molecule has 2 aliphatic heterocycles. The third-order valence-corrected chi connectivity index (χ3v) is 5.84. The van der Waals surface area contributed by atoms with Crippen molar-refractivity contribution >= 4 is 29.7 Å². The van der Waals surface area contributed by atoms with Crippen LogP contribution >= 0.6 is 24.0 Å². The van der Waals surface area contributed by atoms with Gasteiger partial charge in [0.1, 0.15) is 5.65 Å². The Hall–Kier alpha value is -2.15. The summed E-state index contributed by atoms with van der Waals surface area (Å²) in [7, 11) is 0. The van der Waals surface area contributed by atoms with Crippen LogP contribution in [0.5, 0.6) is 0 Å². The summed E-state index contributed by atoms with van der Waals surface area (Å²) in [4.78, 5) is 31.5. The number of fused-ring (bicyclic) bond motifs is 5. The fourth-order valence-corrected chi connectivity index (χ4v) is 4.72. The minimum Gasteiger partial charge on any atom is -0.312 e. The Morgan fingerprint density at radius 1 is 1.07 bits per heavy atom. The second-order valence-corrected chi connectivity index (χ2v) is 7.99. The van der Waals surface area contributed by atoms with E-state index in [1.807, 2.05) is 10.6 Å². The van der Waals surface area contributed by atoms with Crippen molar-refractivity contribution in [2.75, 3.05) is 13.1 Å². The predicted octanol–water partition coefficient (Wildman–Crippen LogP) is 2.55. The minimum atomic E-state index is -0.119. The first-order chi connectivity index (χ1) is 13.1. The number of hydrogen-bond donors (Lipinski definition) is 0. The van der Waals surface area contributed by atoms with Crippen molar-refractivity contribution in [3.8, 4) is 0 Å². The molecule has 1 fully saturated rings. The van der Waals surface area contributed by atoms with Crippen LogP contribution in [-0.4, -0.2) is 31.9 Å². The highest BCUT2D eigenvalue weighted by molar-refractivity contribution is 6.30. The summed E-state index contributed by atoms with van der Waals surface area (Å²) in [6.45, 7) is 3.20. The fraction of sp³-hybridized carbons (Fsp3) is 0.350. The number of likely N-dealkylation sites (tertiary alicyclic amines) is 1. The van der Waals surface area contributed by atoms with Crippen molar-refractivity contribution < 1.29 is 0 Å². The van der Waals surface area contributed by atoms with E-state index in [0.717, 1.165) is 37.4 Å². The van der Waals surface area contributed by atoms with E-state index in [1.165, 1.54) is 4.40 Å². The Bertz CT molecular complexity index is 1160. The molecular formula is C20H20Cl2N4O2. The summed E-state index contributed by atoms with van der Waals surface area (Å²) in [5.41, 5.74) is 2.48. The van der Waals surface area contributed by atoms with Crippen LogP contribution in [0.2, 0.25) is 5.02 Å². The summed E-state index contributed by atoms with van der Waals surface area (Å²) < 4.78 is 3.40. The van der Waals surface area contributed by atoms with Gasteiger partial charge in [-0.3, -0.25) is 18.9 Å². The largest absolute Gasteiger partial charge is 0.312 e. The van der Waals surface area contributed by atoms with Crippen molar-refractivity contribution in [2.24, 2.45) is 5.92 Å². The minimum absolute atomic E-state index is 0. The van der Waals surface area contributed by atoms with Crippen molar-refractivity contribution in [3.63, 3.8) is 0 Å². The number of halogens is 2. The Labute approximate surface area is 172 Å². The van der Waals surface area contributed by atoms with E-state index >= 15 is 0 Å². The topological polar surface area (TPSA) is 59.6 Å². The van der Waals surface area contributed by atoms with E-state index < -0.39 is 0 Å². The Morgan fingerprint density at radius 3 is 2.79 bits per heavy atom. The van der Waals surface area contributed by atoms with Crippen molar-refractivity contribution in [1.29, 1.82) is 0 Å². The summed E-state index contributed by atoms with van der Waals surface area (Å²) in [5, 5.41) is 0.511. The molecule has 0 saturated carbocycles. The van der Waals surface area contributed by atoms with Gasteiger partial charge in [0.25, 0.3) is 11.1 Å². The van der Waals surface area contributed by atoms with Gasteiger partial charge in [0.05, 0.1) is 10.7 Å². The molecule has 2 unspecified atom stereocenters. The van der Waals surface area contributed by atoms with Crippen LogP contribution < -0.4 is 11.1 Å². The maximum absolute atomic E-state index is 12.4. The quantitative estimate of drug-likeness (QED) is 0.641. The second kappa shape index (κ2) is 7.35. The lowest BCUT2D eigenvalue weighted by molar-refractivity contribution is 0.113. The van der Waals surface area contributed by atoms with E-state index in [4.69, 9.17) is 11.6 Å². The fourth-order valence-electron chi connectivity index (χ4n) is 4.56. The van der Waals surface area contributed by atoms with E-state index in [0.29, 0.717) is 29.1 Å². The first-order valence-electron chi connectivity index (χ1n) is 9.17. The van der Waals surface area contributed by atoms with Crippen LogP contribution in [-0.2, 0) is 13.1 Å². The van der Waals surface area contributed by atoms with Crippen molar-refractivity contribution in [3.05, 3.63) is 79.7 Å². The van der Waals surface area contributed by atoms with Gasteiger partial charge in [-0.15, -0.1) is 12.4 Å². The normalized spacial score (nSPS) is 21.2. The average molecular weight is 419 g/mol. The molecule has 0 aromatic carbocycles. The summed E-state index contributed by atoms with van der Waals surface area (Å²) in [6.07, 6.45) is 2.71. The number of piperidine rings is 1.